The maximum atomic E-state index is 12.9. The average Bonchev–Trinajstić information content (AvgIpc) is 3.13. The van der Waals surface area contributed by atoms with Gasteiger partial charge in [0, 0.05) is 17.7 Å². The molecule has 15 heteroatoms. The molecule has 4 atom stereocenters. The minimum atomic E-state index is -1.45. The monoisotopic (exact) mass is 477 g/mol. The molecule has 3 rings (SSSR count). The third-order valence-corrected chi connectivity index (χ3v) is 8.38. The molecule has 3 unspecified atom stereocenters. The van der Waals surface area contributed by atoms with Crippen LogP contribution in [0.2, 0.25) is 0 Å². The lowest BCUT2D eigenvalue weighted by molar-refractivity contribution is -0.169. The lowest BCUT2D eigenvalue weighted by atomic mass is 10.0. The largest absolute Gasteiger partial charge is 0.480 e. The number of carboxylic acids is 2. The van der Waals surface area contributed by atoms with E-state index < -0.39 is 52.6 Å². The molecule has 2 amide bonds. The van der Waals surface area contributed by atoms with Crippen LogP contribution in [0.5, 0.6) is 0 Å². The Bertz CT molecular complexity index is 883. The van der Waals surface area contributed by atoms with E-state index in [0.29, 0.717) is 5.01 Å². The van der Waals surface area contributed by atoms with Gasteiger partial charge >= 0.3 is 11.9 Å². The molecular formula is C15H19N5O7S3. The number of carbonyl (C=O) groups excluding carboxylic acids is 2. The Hall–Kier alpha value is -2.07. The molecule has 1 aromatic rings. The molecular weight excluding hydrogens is 458 g/mol. The molecule has 2 saturated heterocycles. The summed E-state index contributed by atoms with van der Waals surface area (Å²) in [5.74, 6) is 2.54. The first-order chi connectivity index (χ1) is 14.1. The molecule has 0 saturated carbocycles. The van der Waals surface area contributed by atoms with Gasteiger partial charge in [-0.1, -0.05) is 0 Å². The van der Waals surface area contributed by atoms with E-state index in [9.17, 15) is 24.3 Å². The summed E-state index contributed by atoms with van der Waals surface area (Å²) in [6, 6.07) is -1.02. The van der Waals surface area contributed by atoms with Crippen LogP contribution in [0, 0.1) is 0 Å². The highest BCUT2D eigenvalue weighted by Gasteiger charge is 2.59. The van der Waals surface area contributed by atoms with Gasteiger partial charge in [-0.05, 0) is 6.26 Å². The van der Waals surface area contributed by atoms with Crippen LogP contribution < -0.4 is 11.6 Å². The summed E-state index contributed by atoms with van der Waals surface area (Å²) < 4.78 is 4.03. The second-order valence-electron chi connectivity index (χ2n) is 6.56. The van der Waals surface area contributed by atoms with E-state index in [4.69, 9.17) is 21.4 Å². The van der Waals surface area contributed by atoms with Crippen LogP contribution in [0.4, 0.5) is 5.13 Å². The maximum absolute atomic E-state index is 12.9. The third kappa shape index (κ3) is 3.94. The van der Waals surface area contributed by atoms with Gasteiger partial charge in [-0.3, -0.25) is 19.4 Å². The zero-order valence-electron chi connectivity index (χ0n) is 15.6. The van der Waals surface area contributed by atoms with Gasteiger partial charge in [0.1, 0.15) is 16.7 Å². The van der Waals surface area contributed by atoms with Gasteiger partial charge in [0.2, 0.25) is 0 Å². The molecule has 164 valence electrons. The predicted molar refractivity (Wildman–Crippen MR) is 110 cm³/mol. The molecule has 6 N–H and O–H groups in total. The molecule has 0 radical (unpaired) electrons. The third-order valence-electron chi connectivity index (χ3n) is 4.77. The van der Waals surface area contributed by atoms with Gasteiger partial charge in [0.05, 0.1) is 5.69 Å². The predicted octanol–water partition coefficient (Wildman–Crippen LogP) is -0.960. The fourth-order valence-electron chi connectivity index (χ4n) is 3.12. The molecule has 0 bridgehead atoms. The standard InChI is InChI=1S/C15H19N5O7S3/c1-28-15(13(25)26)4-19-10(23)8(12(19)30-5-15)20(17)11(24)9(27-2-7(21)22)6-3-29-14(16)18-6/h3,8-9,12H,2,4-5,17H2,1H3,(H2,16,18)(H,21,22)(H,25,26)/t8?,9?,12-,15?/m1/s1. The van der Waals surface area contributed by atoms with Crippen LogP contribution in [0.25, 0.3) is 0 Å². The van der Waals surface area contributed by atoms with Crippen molar-refractivity contribution in [1.29, 1.82) is 0 Å². The fraction of sp³-hybridized carbons (Fsp3) is 0.533. The molecule has 3 heterocycles. The number of thiazole rings is 1. The molecule has 12 nitrogen and oxygen atoms in total. The van der Waals surface area contributed by atoms with Gasteiger partial charge < -0.3 is 25.6 Å². The summed E-state index contributed by atoms with van der Waals surface area (Å²) in [6.45, 7) is -0.778. The van der Waals surface area contributed by atoms with Gasteiger partial charge in [-0.25, -0.2) is 15.6 Å². The first-order valence-electron chi connectivity index (χ1n) is 8.44. The Balaban J connectivity index is 1.76. The summed E-state index contributed by atoms with van der Waals surface area (Å²) >= 11 is 3.41. The first kappa shape index (κ1) is 22.6. The second kappa shape index (κ2) is 8.58. The number of nitrogens with zero attached hydrogens (tertiary/aromatic N) is 3. The minimum Gasteiger partial charge on any atom is -0.480 e. The first-order valence-corrected chi connectivity index (χ1v) is 11.6. The van der Waals surface area contributed by atoms with Crippen LogP contribution in [0.3, 0.4) is 0 Å². The molecule has 0 aromatic carbocycles. The Morgan fingerprint density at radius 1 is 1.50 bits per heavy atom. The van der Waals surface area contributed by atoms with Crippen molar-refractivity contribution in [3.05, 3.63) is 11.1 Å². The van der Waals surface area contributed by atoms with E-state index >= 15 is 0 Å². The van der Waals surface area contributed by atoms with Crippen molar-refractivity contribution < 1.29 is 34.1 Å². The summed E-state index contributed by atoms with van der Waals surface area (Å²) in [5, 5.41) is 20.2. The zero-order valence-corrected chi connectivity index (χ0v) is 18.0. The summed E-state index contributed by atoms with van der Waals surface area (Å²) in [4.78, 5) is 53.5. The topological polar surface area (TPSA) is 189 Å². The minimum absolute atomic E-state index is 0.0000922. The van der Waals surface area contributed by atoms with E-state index in [2.05, 4.69) is 4.98 Å². The van der Waals surface area contributed by atoms with E-state index in [1.165, 1.54) is 22.0 Å². The number of rotatable bonds is 8. The average molecular weight is 478 g/mol. The SMILES string of the molecule is CSC1(C(=O)O)CS[C@@H]2C(N(N)C(=O)C(OCC(=O)O)c3csc(N)n3)C(=O)N2C1. The number of thioether (sulfide) groups is 2. The summed E-state index contributed by atoms with van der Waals surface area (Å²) in [6.07, 6.45) is 0.221. The second-order valence-corrected chi connectivity index (χ2v) is 9.74. The van der Waals surface area contributed by atoms with Gasteiger partial charge in [0.15, 0.2) is 17.3 Å². The molecule has 1 aromatic heterocycles. The number of nitrogen functional groups attached to an aromatic ring is 1. The number of aromatic nitrogens is 1. The number of β-lactam (4-membered cyclic amide) rings is 1. The Morgan fingerprint density at radius 2 is 2.20 bits per heavy atom. The van der Waals surface area contributed by atoms with Crippen molar-refractivity contribution in [2.75, 3.05) is 30.9 Å². The number of fused-ring (bicyclic) bond motifs is 1. The number of hydrogen-bond donors (Lipinski definition) is 4. The number of hydrogen-bond acceptors (Lipinski definition) is 11. The number of carboxylic acid groups (broad SMARTS) is 2. The number of ether oxygens (including phenoxy) is 1. The van der Waals surface area contributed by atoms with E-state index in [0.717, 1.165) is 23.1 Å². The maximum Gasteiger partial charge on any atom is 0.329 e. The molecule has 2 aliphatic heterocycles. The molecule has 0 spiro atoms. The molecule has 30 heavy (non-hydrogen) atoms. The van der Waals surface area contributed by atoms with Gasteiger partial charge in [-0.2, -0.15) is 0 Å². The highest BCUT2D eigenvalue weighted by Crippen LogP contribution is 2.44. The lowest BCUT2D eigenvalue weighted by Gasteiger charge is -2.55. The smallest absolute Gasteiger partial charge is 0.329 e. The molecule has 2 fully saturated rings. The fourth-order valence-corrected chi connectivity index (χ4v) is 6.26. The number of amides is 2. The van der Waals surface area contributed by atoms with Crippen LogP contribution in [0.1, 0.15) is 11.8 Å². The van der Waals surface area contributed by atoms with Crippen molar-refractivity contribution in [2.24, 2.45) is 5.84 Å². The van der Waals surface area contributed by atoms with Crippen LogP contribution in [-0.4, -0.2) is 90.2 Å². The van der Waals surface area contributed by atoms with Crippen LogP contribution in [-0.2, 0) is 23.9 Å². The van der Waals surface area contributed by atoms with Crippen LogP contribution >= 0.6 is 34.9 Å². The van der Waals surface area contributed by atoms with Crippen molar-refractivity contribution in [3.8, 4) is 0 Å². The number of aliphatic carboxylic acids is 2. The number of nitrogens with two attached hydrogens (primary N) is 2. The van der Waals surface area contributed by atoms with E-state index in [1.54, 1.807) is 6.26 Å². The lowest BCUT2D eigenvalue weighted by Crippen LogP contribution is -2.76. The number of carbonyl (C=O) groups is 4. The van der Waals surface area contributed by atoms with Crippen molar-refractivity contribution in [2.45, 2.75) is 22.3 Å². The highest BCUT2D eigenvalue weighted by atomic mass is 32.2. The molecule has 0 aliphatic carbocycles. The Kier molecular flexibility index (Phi) is 6.47. The summed E-state index contributed by atoms with van der Waals surface area (Å²) in [7, 11) is 0. The van der Waals surface area contributed by atoms with E-state index in [1.807, 2.05) is 0 Å². The van der Waals surface area contributed by atoms with Crippen molar-refractivity contribution in [3.63, 3.8) is 0 Å². The van der Waals surface area contributed by atoms with Crippen molar-refractivity contribution in [1.82, 2.24) is 14.9 Å². The number of anilines is 1. The van der Waals surface area contributed by atoms with Gasteiger partial charge in [0.25, 0.3) is 11.8 Å². The van der Waals surface area contributed by atoms with Crippen LogP contribution in [0.15, 0.2) is 5.38 Å². The summed E-state index contributed by atoms with van der Waals surface area (Å²) in [5.41, 5.74) is 5.67. The van der Waals surface area contributed by atoms with E-state index in [-0.39, 0.29) is 23.1 Å². The number of hydrazine groups is 1. The Morgan fingerprint density at radius 3 is 2.73 bits per heavy atom. The zero-order chi connectivity index (χ0) is 22.2. The van der Waals surface area contributed by atoms with Crippen molar-refractivity contribution >= 4 is 63.7 Å². The van der Waals surface area contributed by atoms with Gasteiger partial charge in [-0.15, -0.1) is 34.9 Å². The normalized spacial score (nSPS) is 26.5. The molecule has 2 aliphatic rings. The Labute approximate surface area is 182 Å². The highest BCUT2D eigenvalue weighted by molar-refractivity contribution is 8.04. The quantitative estimate of drug-likeness (QED) is 0.155.